The molecule has 2 bridgehead atoms. The molecule has 0 saturated carbocycles. The third-order valence-corrected chi connectivity index (χ3v) is 10.9. The van der Waals surface area contributed by atoms with Gasteiger partial charge in [0.15, 0.2) is 0 Å². The van der Waals surface area contributed by atoms with E-state index in [1.165, 1.54) is 18.2 Å². The lowest BCUT2D eigenvalue weighted by Gasteiger charge is -2.36. The quantitative estimate of drug-likeness (QED) is 0.106. The molecule has 2 atom stereocenters. The Morgan fingerprint density at radius 2 is 1.62 bits per heavy atom. The standard InChI is InChI=1S/C39H44F6N6O/c1-26(37(46)13-16-47-17-14-37)48-15-4-18-49-25-34(28-8-10-32(11-9-28)52-39(43,44)45)33-19-27(7-12-36(33)49)21-50-23-31-20-30(50)24-51(31)22-29-5-2-3-6-35(29)38(40,41)42/h2-3,5-12,19,25,30-31,47-48H,1,4,13-18,20-24,46H2. The second kappa shape index (κ2) is 14.4. The lowest BCUT2D eigenvalue weighted by molar-refractivity contribution is -0.274. The van der Waals surface area contributed by atoms with E-state index in [0.717, 1.165) is 84.7 Å². The number of aryl methyl sites for hydroxylation is 1. The van der Waals surface area contributed by atoms with Crippen molar-refractivity contribution in [1.29, 1.82) is 0 Å². The minimum absolute atomic E-state index is 0.178. The number of piperidine rings is 1. The summed E-state index contributed by atoms with van der Waals surface area (Å²) in [6, 6.07) is 18.5. The number of nitrogens with zero attached hydrogens (tertiary/aromatic N) is 3. The van der Waals surface area contributed by atoms with Crippen LogP contribution in [0.3, 0.4) is 0 Å². The van der Waals surface area contributed by atoms with Crippen LogP contribution < -0.4 is 21.1 Å². The smallest absolute Gasteiger partial charge is 0.406 e. The zero-order valence-electron chi connectivity index (χ0n) is 28.9. The number of hydrogen-bond donors (Lipinski definition) is 3. The molecule has 0 spiro atoms. The summed E-state index contributed by atoms with van der Waals surface area (Å²) in [5.41, 5.74) is 10.5. The van der Waals surface area contributed by atoms with E-state index >= 15 is 0 Å². The summed E-state index contributed by atoms with van der Waals surface area (Å²) in [4.78, 5) is 4.58. The highest BCUT2D eigenvalue weighted by Crippen LogP contribution is 2.38. The maximum atomic E-state index is 13.6. The Balaban J connectivity index is 1.06. The molecule has 7 nitrogen and oxygen atoms in total. The topological polar surface area (TPSA) is 70.7 Å². The number of nitrogens with one attached hydrogen (secondary N) is 2. The SMILES string of the molecule is C=C(NCCCn1cc(-c2ccc(OC(F)(F)F)cc2)c2cc(CN3CC4CC3CN4Cc3ccccc3C(F)(F)F)ccc21)C1(N)CCNCC1. The molecular weight excluding hydrogens is 682 g/mol. The highest BCUT2D eigenvalue weighted by atomic mass is 19.4. The molecule has 3 fully saturated rings. The first-order valence-corrected chi connectivity index (χ1v) is 17.8. The zero-order chi connectivity index (χ0) is 36.7. The number of ether oxygens (including phenoxy) is 1. The van der Waals surface area contributed by atoms with Crippen LogP contribution in [0.1, 0.15) is 42.4 Å². The molecule has 4 N–H and O–H groups in total. The van der Waals surface area contributed by atoms with Crippen LogP contribution in [0.15, 0.2) is 85.2 Å². The van der Waals surface area contributed by atoms with Gasteiger partial charge < -0.3 is 25.7 Å². The van der Waals surface area contributed by atoms with E-state index in [9.17, 15) is 26.3 Å². The van der Waals surface area contributed by atoms with Gasteiger partial charge in [0.05, 0.1) is 11.1 Å². The summed E-state index contributed by atoms with van der Waals surface area (Å²) in [7, 11) is 0. The number of halogens is 6. The van der Waals surface area contributed by atoms with Crippen molar-refractivity contribution in [3.8, 4) is 16.9 Å². The summed E-state index contributed by atoms with van der Waals surface area (Å²) < 4.78 is 85.8. The molecule has 278 valence electrons. The number of aromatic nitrogens is 1. The zero-order valence-corrected chi connectivity index (χ0v) is 28.9. The van der Waals surface area contributed by atoms with Crippen LogP contribution in [-0.2, 0) is 25.8 Å². The average Bonchev–Trinajstić information content (AvgIpc) is 3.79. The maximum absolute atomic E-state index is 13.6. The molecule has 4 heterocycles. The van der Waals surface area contributed by atoms with Gasteiger partial charge in [-0.15, -0.1) is 13.2 Å². The number of fused-ring (bicyclic) bond motifs is 3. The Bertz CT molecular complexity index is 1880. The fourth-order valence-electron chi connectivity index (χ4n) is 8.14. The Hall–Kier alpha value is -4.04. The number of nitrogens with two attached hydrogens (primary N) is 1. The fraction of sp³-hybridized carbons (Fsp3) is 0.436. The van der Waals surface area contributed by atoms with Gasteiger partial charge in [0, 0.05) is 79.7 Å². The van der Waals surface area contributed by atoms with Crippen LogP contribution in [0.4, 0.5) is 26.3 Å². The van der Waals surface area contributed by atoms with Crippen LogP contribution in [0.2, 0.25) is 0 Å². The Morgan fingerprint density at radius 1 is 0.923 bits per heavy atom. The van der Waals surface area contributed by atoms with Gasteiger partial charge in [0.1, 0.15) is 5.75 Å². The third-order valence-electron chi connectivity index (χ3n) is 10.9. The molecule has 2 unspecified atom stereocenters. The molecule has 3 saturated heterocycles. The van der Waals surface area contributed by atoms with Crippen LogP contribution in [0.25, 0.3) is 22.0 Å². The van der Waals surface area contributed by atoms with Crippen molar-refractivity contribution >= 4 is 10.9 Å². The van der Waals surface area contributed by atoms with Gasteiger partial charge in [-0.1, -0.05) is 43.0 Å². The van der Waals surface area contributed by atoms with Gasteiger partial charge in [-0.25, -0.2) is 0 Å². The molecule has 1 aromatic heterocycles. The van der Waals surface area contributed by atoms with Gasteiger partial charge in [-0.3, -0.25) is 9.80 Å². The maximum Gasteiger partial charge on any atom is 0.573 e. The first-order valence-electron chi connectivity index (χ1n) is 17.8. The lowest BCUT2D eigenvalue weighted by Crippen LogP contribution is -2.53. The van der Waals surface area contributed by atoms with Crippen molar-refractivity contribution in [3.63, 3.8) is 0 Å². The van der Waals surface area contributed by atoms with Crippen molar-refractivity contribution in [2.75, 3.05) is 32.7 Å². The molecule has 13 heteroatoms. The number of likely N-dealkylation sites (tertiary alicyclic amines) is 2. The van der Waals surface area contributed by atoms with Crippen LogP contribution in [0.5, 0.6) is 5.75 Å². The molecule has 7 rings (SSSR count). The third kappa shape index (κ3) is 7.97. The highest BCUT2D eigenvalue weighted by Gasteiger charge is 2.44. The second-order valence-electron chi connectivity index (χ2n) is 14.4. The van der Waals surface area contributed by atoms with Crippen molar-refractivity contribution in [2.45, 2.75) is 75.5 Å². The highest BCUT2D eigenvalue weighted by molar-refractivity contribution is 5.96. The molecule has 0 amide bonds. The minimum atomic E-state index is -4.77. The number of benzene rings is 3. The molecule has 0 aliphatic carbocycles. The van der Waals surface area contributed by atoms with E-state index < -0.39 is 23.6 Å². The molecular formula is C39H44F6N6O. The molecule has 52 heavy (non-hydrogen) atoms. The van der Waals surface area contributed by atoms with Gasteiger partial charge in [0.2, 0.25) is 0 Å². The minimum Gasteiger partial charge on any atom is -0.406 e. The van der Waals surface area contributed by atoms with E-state index in [1.54, 1.807) is 24.3 Å². The fourth-order valence-corrected chi connectivity index (χ4v) is 8.14. The lowest BCUT2D eigenvalue weighted by atomic mass is 9.86. The van der Waals surface area contributed by atoms with E-state index in [-0.39, 0.29) is 24.4 Å². The summed E-state index contributed by atoms with van der Waals surface area (Å²) in [5, 5.41) is 7.76. The summed E-state index contributed by atoms with van der Waals surface area (Å²) >= 11 is 0. The number of rotatable bonds is 12. The van der Waals surface area contributed by atoms with Crippen molar-refractivity contribution < 1.29 is 31.1 Å². The average molecular weight is 727 g/mol. The van der Waals surface area contributed by atoms with Crippen LogP contribution in [-0.4, -0.2) is 71.1 Å². The number of alkyl halides is 6. The van der Waals surface area contributed by atoms with E-state index in [0.29, 0.717) is 31.7 Å². The molecule has 0 radical (unpaired) electrons. The monoisotopic (exact) mass is 726 g/mol. The van der Waals surface area contributed by atoms with Gasteiger partial charge in [-0.05, 0) is 85.8 Å². The van der Waals surface area contributed by atoms with E-state index in [1.807, 2.05) is 0 Å². The van der Waals surface area contributed by atoms with Crippen LogP contribution in [0, 0.1) is 0 Å². The normalized spacial score (nSPS) is 20.8. The van der Waals surface area contributed by atoms with Crippen LogP contribution >= 0.6 is 0 Å². The predicted molar refractivity (Wildman–Crippen MR) is 189 cm³/mol. The van der Waals surface area contributed by atoms with Crippen molar-refractivity contribution in [1.82, 2.24) is 25.0 Å². The predicted octanol–water partition coefficient (Wildman–Crippen LogP) is 7.26. The Morgan fingerprint density at radius 3 is 2.29 bits per heavy atom. The molecule has 3 aromatic carbocycles. The summed E-state index contributed by atoms with van der Waals surface area (Å²) in [6.45, 7) is 9.77. The van der Waals surface area contributed by atoms with E-state index in [2.05, 4.69) is 60.7 Å². The first-order chi connectivity index (χ1) is 24.8. The largest absolute Gasteiger partial charge is 0.573 e. The first kappa shape index (κ1) is 36.3. The number of piperazine rings is 1. The Kier molecular flexibility index (Phi) is 10.1. The molecule has 3 aliphatic heterocycles. The van der Waals surface area contributed by atoms with Gasteiger partial charge in [-0.2, -0.15) is 13.2 Å². The van der Waals surface area contributed by atoms with Crippen molar-refractivity contribution in [2.24, 2.45) is 5.73 Å². The summed E-state index contributed by atoms with van der Waals surface area (Å²) in [6.07, 6.45) is -3.74. The van der Waals surface area contributed by atoms with Gasteiger partial charge >= 0.3 is 12.5 Å². The van der Waals surface area contributed by atoms with Gasteiger partial charge in [0.25, 0.3) is 0 Å². The molecule has 3 aliphatic rings. The summed E-state index contributed by atoms with van der Waals surface area (Å²) in [5.74, 6) is -0.279. The van der Waals surface area contributed by atoms with E-state index in [4.69, 9.17) is 5.73 Å². The Labute approximate surface area is 299 Å². The van der Waals surface area contributed by atoms with Crippen molar-refractivity contribution in [3.05, 3.63) is 102 Å². The number of hydrogen-bond acceptors (Lipinski definition) is 6. The molecule has 4 aromatic rings. The second-order valence-corrected chi connectivity index (χ2v) is 14.4.